The molecule has 132 valence electrons. The molecule has 0 radical (unpaired) electrons. The summed E-state index contributed by atoms with van der Waals surface area (Å²) >= 11 is 0. The first-order valence-electron chi connectivity index (χ1n) is 7.18. The number of nitrogens with one attached hydrogen (secondary N) is 1. The highest BCUT2D eigenvalue weighted by molar-refractivity contribution is 5.83. The summed E-state index contributed by atoms with van der Waals surface area (Å²) in [6.07, 6.45) is -0.876. The molecule has 0 aromatic carbocycles. The summed E-state index contributed by atoms with van der Waals surface area (Å²) in [5, 5.41) is 22.1. The standard InChI is InChI=1S/C13H19N5O6/c1-23-12(20)15-10-6-9(17-5-3-4-8(19)7-17)14-11(18(10)22)16-13(21)24-2/h6,8,19,22H,3-5,7H2,1-2H3,(H,15,20)/b16-11+. The normalized spacial score (nSPS) is 18.2. The second-order valence-electron chi connectivity index (χ2n) is 5.05. The van der Waals surface area contributed by atoms with E-state index in [2.05, 4.69) is 24.8 Å². The number of ether oxygens (including phenoxy) is 2. The van der Waals surface area contributed by atoms with Crippen molar-refractivity contribution in [2.24, 2.45) is 4.99 Å². The Balaban J connectivity index is 2.48. The van der Waals surface area contributed by atoms with Crippen molar-refractivity contribution in [3.63, 3.8) is 0 Å². The van der Waals surface area contributed by atoms with Crippen LogP contribution in [0.3, 0.4) is 0 Å². The van der Waals surface area contributed by atoms with E-state index in [0.29, 0.717) is 30.1 Å². The average Bonchev–Trinajstić information content (AvgIpc) is 2.57. The Labute approximate surface area is 137 Å². The number of carbonyl (C=O) groups is 2. The number of hydrogen-bond donors (Lipinski definition) is 3. The first-order valence-corrected chi connectivity index (χ1v) is 7.18. The van der Waals surface area contributed by atoms with Gasteiger partial charge >= 0.3 is 12.2 Å². The molecule has 1 aromatic heterocycles. The van der Waals surface area contributed by atoms with Gasteiger partial charge in [-0.2, -0.15) is 4.98 Å². The summed E-state index contributed by atoms with van der Waals surface area (Å²) in [6.45, 7) is 0.951. The number of rotatable bonds is 2. The lowest BCUT2D eigenvalue weighted by Gasteiger charge is -2.31. The molecule has 2 heterocycles. The van der Waals surface area contributed by atoms with Crippen LogP contribution in [0.2, 0.25) is 0 Å². The fraction of sp³-hybridized carbons (Fsp3) is 0.538. The van der Waals surface area contributed by atoms with Gasteiger partial charge in [-0.1, -0.05) is 0 Å². The SMILES string of the molecule is COC(=O)/N=c1\nc(N2CCCC(O)C2)cc(NC(=O)OC)n1O. The van der Waals surface area contributed by atoms with E-state index in [9.17, 15) is 19.9 Å². The Morgan fingerprint density at radius 3 is 2.79 bits per heavy atom. The van der Waals surface area contributed by atoms with Gasteiger partial charge in [0.15, 0.2) is 5.82 Å². The minimum atomic E-state index is -0.967. The second kappa shape index (κ2) is 7.64. The molecule has 1 fully saturated rings. The van der Waals surface area contributed by atoms with Gasteiger partial charge in [0.25, 0.3) is 5.62 Å². The van der Waals surface area contributed by atoms with Crippen molar-refractivity contribution in [3.05, 3.63) is 11.7 Å². The molecule has 0 aliphatic carbocycles. The van der Waals surface area contributed by atoms with E-state index >= 15 is 0 Å². The number of anilines is 2. The Morgan fingerprint density at radius 1 is 1.42 bits per heavy atom. The molecule has 1 aromatic rings. The van der Waals surface area contributed by atoms with E-state index in [4.69, 9.17) is 0 Å². The van der Waals surface area contributed by atoms with Crippen molar-refractivity contribution in [3.8, 4) is 0 Å². The van der Waals surface area contributed by atoms with Crippen LogP contribution in [0.15, 0.2) is 11.1 Å². The summed E-state index contributed by atoms with van der Waals surface area (Å²) in [5.41, 5.74) is -0.384. The van der Waals surface area contributed by atoms with Gasteiger partial charge in [-0.15, -0.1) is 9.72 Å². The highest BCUT2D eigenvalue weighted by Gasteiger charge is 2.21. The maximum atomic E-state index is 11.4. The zero-order valence-electron chi connectivity index (χ0n) is 13.3. The number of aliphatic hydroxyl groups is 1. The lowest BCUT2D eigenvalue weighted by atomic mass is 10.1. The number of methoxy groups -OCH3 is 2. The van der Waals surface area contributed by atoms with E-state index in [1.54, 1.807) is 4.90 Å². The lowest BCUT2D eigenvalue weighted by molar-refractivity contribution is 0.152. The Hall–Kier alpha value is -2.82. The van der Waals surface area contributed by atoms with Gasteiger partial charge in [-0.3, -0.25) is 5.32 Å². The molecule has 1 aliphatic rings. The molecule has 11 heteroatoms. The second-order valence-corrected chi connectivity index (χ2v) is 5.05. The summed E-state index contributed by atoms with van der Waals surface area (Å²) in [5.74, 6) is 0.225. The van der Waals surface area contributed by atoms with Crippen molar-refractivity contribution in [1.29, 1.82) is 0 Å². The molecule has 1 unspecified atom stereocenters. The largest absolute Gasteiger partial charge is 0.453 e. The number of amides is 2. The monoisotopic (exact) mass is 341 g/mol. The van der Waals surface area contributed by atoms with E-state index in [-0.39, 0.29) is 11.4 Å². The molecule has 0 spiro atoms. The summed E-state index contributed by atoms with van der Waals surface area (Å²) < 4.78 is 9.33. The predicted molar refractivity (Wildman–Crippen MR) is 80.9 cm³/mol. The smallest absolute Gasteiger partial charge is 0.436 e. The number of aliphatic hydroxyl groups excluding tert-OH is 1. The minimum Gasteiger partial charge on any atom is -0.453 e. The van der Waals surface area contributed by atoms with Gasteiger partial charge in [0, 0.05) is 19.2 Å². The van der Waals surface area contributed by atoms with Crippen molar-refractivity contribution in [1.82, 2.24) is 9.71 Å². The third kappa shape index (κ3) is 4.13. The molecule has 0 bridgehead atoms. The van der Waals surface area contributed by atoms with Gasteiger partial charge in [-0.25, -0.2) is 9.59 Å². The quantitative estimate of drug-likeness (QED) is 0.635. The predicted octanol–water partition coefficient (Wildman–Crippen LogP) is -0.0731. The molecule has 0 saturated carbocycles. The topological polar surface area (TPSA) is 139 Å². The van der Waals surface area contributed by atoms with Crippen LogP contribution in [0, 0.1) is 0 Å². The Morgan fingerprint density at radius 2 is 2.17 bits per heavy atom. The maximum absolute atomic E-state index is 11.4. The van der Waals surface area contributed by atoms with Crippen molar-refractivity contribution in [2.75, 3.05) is 37.5 Å². The van der Waals surface area contributed by atoms with Crippen LogP contribution in [0.4, 0.5) is 21.2 Å². The van der Waals surface area contributed by atoms with Gasteiger partial charge < -0.3 is 24.7 Å². The van der Waals surface area contributed by atoms with Crippen molar-refractivity contribution >= 4 is 23.8 Å². The number of hydrogen-bond acceptors (Lipinski definition) is 8. The van der Waals surface area contributed by atoms with E-state index in [0.717, 1.165) is 13.5 Å². The molecule has 1 atom stereocenters. The first-order chi connectivity index (χ1) is 11.4. The van der Waals surface area contributed by atoms with Crippen LogP contribution < -0.4 is 15.8 Å². The van der Waals surface area contributed by atoms with E-state index in [1.165, 1.54) is 13.2 Å². The van der Waals surface area contributed by atoms with Crippen molar-refractivity contribution < 1.29 is 29.4 Å². The van der Waals surface area contributed by atoms with Crippen molar-refractivity contribution in [2.45, 2.75) is 18.9 Å². The fourth-order valence-electron chi connectivity index (χ4n) is 2.24. The molecular formula is C13H19N5O6. The fourth-order valence-corrected chi connectivity index (χ4v) is 2.24. The molecule has 24 heavy (non-hydrogen) atoms. The van der Waals surface area contributed by atoms with Crippen LogP contribution in [-0.2, 0) is 9.47 Å². The highest BCUT2D eigenvalue weighted by atomic mass is 16.5. The maximum Gasteiger partial charge on any atom is 0.436 e. The number of piperidine rings is 1. The number of carbonyl (C=O) groups excluding carboxylic acids is 2. The summed E-state index contributed by atoms with van der Waals surface area (Å²) in [6, 6.07) is 1.38. The Bertz CT molecular complexity index is 688. The van der Waals surface area contributed by atoms with Gasteiger partial charge in [0.2, 0.25) is 0 Å². The molecular weight excluding hydrogens is 322 g/mol. The molecule has 2 rings (SSSR count). The average molecular weight is 341 g/mol. The molecule has 11 nitrogen and oxygen atoms in total. The first kappa shape index (κ1) is 17.5. The molecule has 1 aliphatic heterocycles. The molecule has 3 N–H and O–H groups in total. The number of aromatic nitrogens is 2. The van der Waals surface area contributed by atoms with Gasteiger partial charge in [0.05, 0.1) is 20.3 Å². The van der Waals surface area contributed by atoms with Crippen LogP contribution in [-0.4, -0.2) is 65.6 Å². The number of β-amino-alcohol motifs (C(OH)–C–C–N with tert-alkyl or cyclic N) is 1. The minimum absolute atomic E-state index is 0.102. The van der Waals surface area contributed by atoms with Crippen LogP contribution in [0.5, 0.6) is 0 Å². The van der Waals surface area contributed by atoms with E-state index in [1.807, 2.05) is 0 Å². The summed E-state index contributed by atoms with van der Waals surface area (Å²) in [7, 11) is 2.30. The zero-order chi connectivity index (χ0) is 17.7. The van der Waals surface area contributed by atoms with E-state index < -0.39 is 18.3 Å². The molecule has 2 amide bonds. The Kier molecular flexibility index (Phi) is 5.58. The van der Waals surface area contributed by atoms with Gasteiger partial charge in [0.1, 0.15) is 5.82 Å². The third-order valence-corrected chi connectivity index (χ3v) is 3.40. The number of nitrogens with zero attached hydrogens (tertiary/aromatic N) is 4. The zero-order valence-corrected chi connectivity index (χ0v) is 13.3. The van der Waals surface area contributed by atoms with Crippen LogP contribution in [0.1, 0.15) is 12.8 Å². The van der Waals surface area contributed by atoms with Crippen LogP contribution >= 0.6 is 0 Å². The summed E-state index contributed by atoms with van der Waals surface area (Å²) in [4.78, 5) is 32.1. The van der Waals surface area contributed by atoms with Crippen LogP contribution in [0.25, 0.3) is 0 Å². The molecule has 1 saturated heterocycles. The third-order valence-electron chi connectivity index (χ3n) is 3.40. The van der Waals surface area contributed by atoms with Gasteiger partial charge in [-0.05, 0) is 12.8 Å². The lowest BCUT2D eigenvalue weighted by Crippen LogP contribution is -2.40. The highest BCUT2D eigenvalue weighted by Crippen LogP contribution is 2.19.